The lowest BCUT2D eigenvalue weighted by Crippen LogP contribution is -2.53. The summed E-state index contributed by atoms with van der Waals surface area (Å²) in [5.74, 6) is -0.320. The third-order valence-corrected chi connectivity index (χ3v) is 6.27. The molecule has 1 atom stereocenters. The molecule has 8 nitrogen and oxygen atoms in total. The van der Waals surface area contributed by atoms with Gasteiger partial charge in [0.1, 0.15) is 0 Å². The maximum atomic E-state index is 12.0. The van der Waals surface area contributed by atoms with Crippen LogP contribution in [0.1, 0.15) is 19.8 Å². The second kappa shape index (κ2) is 9.82. The number of nitrogens with zero attached hydrogens (tertiary/aromatic N) is 2. The second-order valence-corrected chi connectivity index (χ2v) is 8.79. The van der Waals surface area contributed by atoms with Crippen LogP contribution in [0.5, 0.6) is 0 Å². The third-order valence-electron chi connectivity index (χ3n) is 5.09. The molecule has 0 spiro atoms. The van der Waals surface area contributed by atoms with E-state index in [1.165, 1.54) is 0 Å². The SMILES string of the molecule is CCNS(=O)(=O)Nc1cccc(N2CCN(c3ccccc3)CC2CCC(N)=O)c1. The molecule has 2 aromatic rings. The number of anilines is 3. The summed E-state index contributed by atoms with van der Waals surface area (Å²) in [6.45, 7) is 4.37. The molecule has 1 aliphatic heterocycles. The average Bonchev–Trinajstić information content (AvgIpc) is 2.72. The fraction of sp³-hybridized carbons (Fsp3) is 0.381. The van der Waals surface area contributed by atoms with Crippen LogP contribution in [0, 0.1) is 0 Å². The number of hydrogen-bond donors (Lipinski definition) is 3. The number of nitrogens with two attached hydrogens (primary N) is 1. The lowest BCUT2D eigenvalue weighted by molar-refractivity contribution is -0.118. The van der Waals surface area contributed by atoms with Crippen LogP contribution >= 0.6 is 0 Å². The summed E-state index contributed by atoms with van der Waals surface area (Å²) in [7, 11) is -3.60. The molecule has 1 aliphatic rings. The molecule has 1 saturated heterocycles. The lowest BCUT2D eigenvalue weighted by atomic mass is 10.0. The molecule has 0 aromatic heterocycles. The smallest absolute Gasteiger partial charge is 0.299 e. The molecular weight excluding hydrogens is 402 g/mol. The number of piperazine rings is 1. The molecule has 0 radical (unpaired) electrons. The van der Waals surface area contributed by atoms with E-state index >= 15 is 0 Å². The van der Waals surface area contributed by atoms with Gasteiger partial charge >= 0.3 is 0 Å². The zero-order chi connectivity index (χ0) is 21.6. The van der Waals surface area contributed by atoms with E-state index in [4.69, 9.17) is 5.73 Å². The van der Waals surface area contributed by atoms with E-state index < -0.39 is 10.2 Å². The predicted molar refractivity (Wildman–Crippen MR) is 121 cm³/mol. The Morgan fingerprint density at radius 3 is 2.53 bits per heavy atom. The Bertz CT molecular complexity index is 952. The van der Waals surface area contributed by atoms with Gasteiger partial charge in [-0.25, -0.2) is 0 Å². The summed E-state index contributed by atoms with van der Waals surface area (Å²) in [5.41, 5.74) is 7.96. The minimum atomic E-state index is -3.60. The first-order chi connectivity index (χ1) is 14.4. The third kappa shape index (κ3) is 5.87. The largest absolute Gasteiger partial charge is 0.370 e. The van der Waals surface area contributed by atoms with Crippen molar-refractivity contribution in [2.45, 2.75) is 25.8 Å². The first-order valence-electron chi connectivity index (χ1n) is 10.1. The van der Waals surface area contributed by atoms with E-state index in [0.717, 1.165) is 31.0 Å². The van der Waals surface area contributed by atoms with Crippen LogP contribution < -0.4 is 25.0 Å². The van der Waals surface area contributed by atoms with Gasteiger partial charge in [-0.05, 0) is 36.8 Å². The Balaban J connectivity index is 1.80. The van der Waals surface area contributed by atoms with Crippen molar-refractivity contribution in [1.29, 1.82) is 0 Å². The Labute approximate surface area is 178 Å². The van der Waals surface area contributed by atoms with Crippen molar-refractivity contribution in [3.63, 3.8) is 0 Å². The van der Waals surface area contributed by atoms with Crippen molar-refractivity contribution in [2.75, 3.05) is 40.7 Å². The normalized spacial score (nSPS) is 17.0. The van der Waals surface area contributed by atoms with Crippen molar-refractivity contribution in [2.24, 2.45) is 5.73 Å². The summed E-state index contributed by atoms with van der Waals surface area (Å²) >= 11 is 0. The Kier molecular flexibility index (Phi) is 7.17. The highest BCUT2D eigenvalue weighted by Gasteiger charge is 2.28. The zero-order valence-corrected chi connectivity index (χ0v) is 17.9. The fourth-order valence-corrected chi connectivity index (χ4v) is 4.64. The van der Waals surface area contributed by atoms with Crippen LogP contribution in [0.2, 0.25) is 0 Å². The number of amides is 1. The Morgan fingerprint density at radius 1 is 1.10 bits per heavy atom. The lowest BCUT2D eigenvalue weighted by Gasteiger charge is -2.44. The van der Waals surface area contributed by atoms with Crippen LogP contribution in [-0.4, -0.2) is 46.5 Å². The van der Waals surface area contributed by atoms with Gasteiger partial charge in [0.05, 0.1) is 5.69 Å². The first kappa shape index (κ1) is 21.9. The van der Waals surface area contributed by atoms with E-state index in [1.54, 1.807) is 13.0 Å². The first-order valence-corrected chi connectivity index (χ1v) is 11.6. The van der Waals surface area contributed by atoms with Gasteiger partial charge in [-0.3, -0.25) is 9.52 Å². The molecule has 0 bridgehead atoms. The summed E-state index contributed by atoms with van der Waals surface area (Å²) in [6.07, 6.45) is 0.933. The number of carbonyl (C=O) groups excluding carboxylic acids is 1. The van der Waals surface area contributed by atoms with E-state index in [0.29, 0.717) is 25.1 Å². The van der Waals surface area contributed by atoms with Crippen LogP contribution in [0.15, 0.2) is 54.6 Å². The van der Waals surface area contributed by atoms with Crippen LogP contribution in [0.4, 0.5) is 17.1 Å². The van der Waals surface area contributed by atoms with Gasteiger partial charge < -0.3 is 15.5 Å². The van der Waals surface area contributed by atoms with E-state index in [2.05, 4.69) is 31.4 Å². The minimum Gasteiger partial charge on any atom is -0.370 e. The Hall–Kier alpha value is -2.78. The Morgan fingerprint density at radius 2 is 1.83 bits per heavy atom. The van der Waals surface area contributed by atoms with E-state index in [-0.39, 0.29) is 11.9 Å². The molecule has 1 unspecified atom stereocenters. The predicted octanol–water partition coefficient (Wildman–Crippen LogP) is 1.91. The van der Waals surface area contributed by atoms with Crippen molar-refractivity contribution in [1.82, 2.24) is 4.72 Å². The quantitative estimate of drug-likeness (QED) is 0.562. The number of rotatable bonds is 9. The van der Waals surface area contributed by atoms with Crippen LogP contribution in [-0.2, 0) is 15.0 Å². The van der Waals surface area contributed by atoms with Gasteiger partial charge in [-0.1, -0.05) is 31.2 Å². The monoisotopic (exact) mass is 431 g/mol. The number of hydrogen-bond acceptors (Lipinski definition) is 5. The standard InChI is InChI=1S/C21H29N5O3S/c1-2-23-30(28,29)24-17-7-6-10-19(15-17)26-14-13-25(18-8-4-3-5-9-18)16-20(26)11-12-21(22)27/h3-10,15,20,23-24H,2,11-14,16H2,1H3,(H2,22,27). The summed E-state index contributed by atoms with van der Waals surface area (Å²) < 4.78 is 29.0. The molecular formula is C21H29N5O3S. The molecule has 0 aliphatic carbocycles. The molecule has 2 aromatic carbocycles. The van der Waals surface area contributed by atoms with Gasteiger partial charge in [0.2, 0.25) is 5.91 Å². The molecule has 9 heteroatoms. The highest BCUT2D eigenvalue weighted by molar-refractivity contribution is 7.90. The minimum absolute atomic E-state index is 0.0760. The second-order valence-electron chi connectivity index (χ2n) is 7.29. The molecule has 1 amide bonds. The molecule has 30 heavy (non-hydrogen) atoms. The topological polar surface area (TPSA) is 108 Å². The maximum absolute atomic E-state index is 12.0. The molecule has 0 saturated carbocycles. The highest BCUT2D eigenvalue weighted by atomic mass is 32.2. The van der Waals surface area contributed by atoms with Gasteiger partial charge in [-0.15, -0.1) is 0 Å². The molecule has 4 N–H and O–H groups in total. The summed E-state index contributed by atoms with van der Waals surface area (Å²) in [4.78, 5) is 16.0. The number of benzene rings is 2. The van der Waals surface area contributed by atoms with Crippen LogP contribution in [0.3, 0.4) is 0 Å². The number of para-hydroxylation sites is 1. The van der Waals surface area contributed by atoms with Crippen molar-refractivity contribution in [3.05, 3.63) is 54.6 Å². The van der Waals surface area contributed by atoms with Crippen LogP contribution in [0.25, 0.3) is 0 Å². The summed E-state index contributed by atoms with van der Waals surface area (Å²) in [5, 5.41) is 0. The van der Waals surface area contributed by atoms with Crippen molar-refractivity contribution < 1.29 is 13.2 Å². The molecule has 162 valence electrons. The van der Waals surface area contributed by atoms with Crippen molar-refractivity contribution in [3.8, 4) is 0 Å². The van der Waals surface area contributed by atoms with Gasteiger partial charge in [0.15, 0.2) is 0 Å². The molecule has 1 fully saturated rings. The van der Waals surface area contributed by atoms with Gasteiger partial charge in [0, 0.05) is 50.0 Å². The van der Waals surface area contributed by atoms with Crippen molar-refractivity contribution >= 4 is 33.2 Å². The fourth-order valence-electron chi connectivity index (χ4n) is 3.75. The molecule has 3 rings (SSSR count). The van der Waals surface area contributed by atoms with E-state index in [9.17, 15) is 13.2 Å². The summed E-state index contributed by atoms with van der Waals surface area (Å²) in [6, 6.07) is 17.6. The van der Waals surface area contributed by atoms with E-state index in [1.807, 2.05) is 36.4 Å². The zero-order valence-electron chi connectivity index (χ0n) is 17.1. The number of nitrogens with one attached hydrogen (secondary N) is 2. The number of primary amides is 1. The number of carbonyl (C=O) groups is 1. The van der Waals surface area contributed by atoms with Gasteiger partial charge in [0.25, 0.3) is 10.2 Å². The maximum Gasteiger partial charge on any atom is 0.299 e. The molecule has 1 heterocycles. The van der Waals surface area contributed by atoms with Gasteiger partial charge in [-0.2, -0.15) is 13.1 Å². The highest BCUT2D eigenvalue weighted by Crippen LogP contribution is 2.28. The average molecular weight is 432 g/mol.